The number of carboxylic acids is 1. The van der Waals surface area contributed by atoms with Crippen LogP contribution in [0.15, 0.2) is 194 Å². The standard InChI is InChI=1S/C30H28N2O6.C22H22N2O3.C8H8O4.CH4/c1-20-15-25(37-18-21-9-4-2-5-10-21)17-26(38-19-22-11-6-3-7-12-22)27(20)29(35)31-32-30(36)28(34)23-13-8-14-24(33)16-23;1-16-12-19(26-14-17-8-4-2-5-9-17)13-20(21(16)22(25)24-23)27-15-18-10-6-3-7-11-18;9-6-3-1-2-5(4-6)7(10)8(11)12;/h2-17,28,33-34H,18-19H2,1H3,(H,31,35)(H,32,36);2-13H,14-15,23H2,1H3,(H,24,25);1-4,7,9-10H,(H,11,12);1H4. The van der Waals surface area contributed by atoms with Crippen molar-refractivity contribution in [1.82, 2.24) is 16.3 Å². The van der Waals surface area contributed by atoms with Crippen molar-refractivity contribution in [2.75, 3.05) is 0 Å². The van der Waals surface area contributed by atoms with Gasteiger partial charge in [0.15, 0.2) is 12.2 Å². The van der Waals surface area contributed by atoms with Crippen molar-refractivity contribution in [3.8, 4) is 34.5 Å². The molecule has 0 saturated heterocycles. The van der Waals surface area contributed by atoms with Gasteiger partial charge in [0.25, 0.3) is 17.7 Å². The summed E-state index contributed by atoms with van der Waals surface area (Å²) in [6.45, 7) is 4.89. The van der Waals surface area contributed by atoms with Gasteiger partial charge in [0.2, 0.25) is 0 Å². The maximum atomic E-state index is 13.1. The number of carbonyl (C=O) groups is 4. The van der Waals surface area contributed by atoms with E-state index in [2.05, 4.69) is 16.3 Å². The van der Waals surface area contributed by atoms with Crippen LogP contribution >= 0.6 is 0 Å². The normalized spacial score (nSPS) is 11.0. The van der Waals surface area contributed by atoms with Gasteiger partial charge in [0.1, 0.15) is 60.9 Å². The second kappa shape index (κ2) is 30.0. The molecule has 8 aromatic carbocycles. The number of hydrogen-bond acceptors (Lipinski definition) is 13. The van der Waals surface area contributed by atoms with E-state index in [1.54, 1.807) is 25.1 Å². The summed E-state index contributed by atoms with van der Waals surface area (Å²) in [7, 11) is 0. The fraction of sp³-hybridized carbons (Fsp3) is 0.148. The SMILES string of the molecule is C.Cc1cc(OCc2ccccc2)cc(OCc2ccccc2)c1C(=O)NN.Cc1cc(OCc2ccccc2)cc(OCc2ccccc2)c1C(=O)NNC(=O)C(O)c1cccc(O)c1.O=C(O)C(O)c1cccc(O)c1. The number of rotatable bonds is 18. The molecule has 8 aromatic rings. The van der Waals surface area contributed by atoms with Gasteiger partial charge in [-0.1, -0.05) is 153 Å². The van der Waals surface area contributed by atoms with E-state index in [1.165, 1.54) is 48.5 Å². The van der Waals surface area contributed by atoms with E-state index in [0.29, 0.717) is 48.2 Å². The number of ether oxygens (including phenoxy) is 4. The second-order valence-corrected chi connectivity index (χ2v) is 17.1. The molecule has 17 heteroatoms. The summed E-state index contributed by atoms with van der Waals surface area (Å²) in [6, 6.07) is 56.9. The molecular formula is C61H62N4O13. The van der Waals surface area contributed by atoms with Crippen molar-refractivity contribution in [3.05, 3.63) is 250 Å². The first-order valence-electron chi connectivity index (χ1n) is 23.9. The number of aromatic hydroxyl groups is 2. The first-order valence-corrected chi connectivity index (χ1v) is 23.9. The molecule has 0 heterocycles. The third kappa shape index (κ3) is 18.0. The zero-order chi connectivity index (χ0) is 55.1. The van der Waals surface area contributed by atoms with Crippen LogP contribution < -0.4 is 41.1 Å². The number of carbonyl (C=O) groups excluding carboxylic acids is 3. The number of aliphatic carboxylic acids is 1. The summed E-state index contributed by atoms with van der Waals surface area (Å²) in [4.78, 5) is 48.1. The maximum Gasteiger partial charge on any atom is 0.337 e. The third-order valence-electron chi connectivity index (χ3n) is 11.3. The Morgan fingerprint density at radius 1 is 0.462 bits per heavy atom. The number of aryl methyl sites for hydroxylation is 2. The molecule has 0 aliphatic carbocycles. The zero-order valence-corrected chi connectivity index (χ0v) is 42.0. The Bertz CT molecular complexity index is 3200. The second-order valence-electron chi connectivity index (χ2n) is 17.1. The smallest absolute Gasteiger partial charge is 0.337 e. The molecule has 0 saturated carbocycles. The van der Waals surface area contributed by atoms with Crippen LogP contribution in [0.3, 0.4) is 0 Å². The van der Waals surface area contributed by atoms with Gasteiger partial charge >= 0.3 is 5.97 Å². The number of nitrogens with one attached hydrogen (secondary N) is 3. The molecule has 2 unspecified atom stereocenters. The Morgan fingerprint density at radius 2 is 0.821 bits per heavy atom. The Balaban J connectivity index is 0.000000243. The van der Waals surface area contributed by atoms with Gasteiger partial charge in [0.05, 0.1) is 11.1 Å². The molecule has 3 amide bonds. The monoisotopic (exact) mass is 1060 g/mol. The minimum absolute atomic E-state index is 0. The number of hydrogen-bond donors (Lipinski definition) is 9. The minimum Gasteiger partial charge on any atom is -0.508 e. The summed E-state index contributed by atoms with van der Waals surface area (Å²) in [6.07, 6.45) is -3.16. The number of phenols is 2. The highest BCUT2D eigenvalue weighted by Crippen LogP contribution is 2.32. The lowest BCUT2D eigenvalue weighted by molar-refractivity contribution is -0.147. The van der Waals surface area contributed by atoms with E-state index >= 15 is 0 Å². The Hall–Kier alpha value is -9.68. The molecule has 78 heavy (non-hydrogen) atoms. The van der Waals surface area contributed by atoms with E-state index in [1.807, 2.05) is 134 Å². The molecule has 0 aliphatic heterocycles. The molecule has 17 nitrogen and oxygen atoms in total. The summed E-state index contributed by atoms with van der Waals surface area (Å²) in [5.74, 6) is 3.82. The van der Waals surface area contributed by atoms with Gasteiger partial charge in [-0.25, -0.2) is 10.6 Å². The fourth-order valence-corrected chi connectivity index (χ4v) is 7.38. The lowest BCUT2D eigenvalue weighted by Gasteiger charge is -2.18. The van der Waals surface area contributed by atoms with Crippen molar-refractivity contribution < 1.29 is 63.7 Å². The van der Waals surface area contributed by atoms with Crippen molar-refractivity contribution in [3.63, 3.8) is 0 Å². The predicted octanol–water partition coefficient (Wildman–Crippen LogP) is 9.26. The van der Waals surface area contributed by atoms with Gasteiger partial charge < -0.3 is 44.5 Å². The number of nitrogen functional groups attached to an aromatic ring is 1. The first kappa shape index (κ1) is 59.2. The van der Waals surface area contributed by atoms with Crippen LogP contribution in [0, 0.1) is 13.8 Å². The van der Waals surface area contributed by atoms with Gasteiger partial charge in [0, 0.05) is 12.1 Å². The van der Waals surface area contributed by atoms with Crippen LogP contribution in [-0.4, -0.2) is 49.2 Å². The molecular weight excluding hydrogens is 997 g/mol. The Labute approximate surface area is 452 Å². The number of phenolic OH excluding ortho intramolecular Hbond substituents is 2. The number of benzene rings is 8. The lowest BCUT2D eigenvalue weighted by Crippen LogP contribution is -2.44. The van der Waals surface area contributed by atoms with Crippen LogP contribution in [0.4, 0.5) is 0 Å². The van der Waals surface area contributed by atoms with Gasteiger partial charge in [-0.3, -0.25) is 30.7 Å². The molecule has 404 valence electrons. The molecule has 0 radical (unpaired) electrons. The fourth-order valence-electron chi connectivity index (χ4n) is 7.38. The summed E-state index contributed by atoms with van der Waals surface area (Å²) >= 11 is 0. The molecule has 8 rings (SSSR count). The number of hydrazine groups is 2. The highest BCUT2D eigenvalue weighted by molar-refractivity contribution is 6.00. The van der Waals surface area contributed by atoms with E-state index in [-0.39, 0.29) is 48.0 Å². The van der Waals surface area contributed by atoms with Gasteiger partial charge in [-0.15, -0.1) is 0 Å². The Morgan fingerprint density at radius 3 is 1.18 bits per heavy atom. The molecule has 10 N–H and O–H groups in total. The van der Waals surface area contributed by atoms with Crippen molar-refractivity contribution >= 4 is 23.7 Å². The third-order valence-corrected chi connectivity index (χ3v) is 11.3. The zero-order valence-electron chi connectivity index (χ0n) is 42.0. The number of carboxylic acid groups (broad SMARTS) is 1. The molecule has 0 fully saturated rings. The first-order chi connectivity index (χ1) is 37.2. The average Bonchev–Trinajstić information content (AvgIpc) is 3.48. The largest absolute Gasteiger partial charge is 0.508 e. The van der Waals surface area contributed by atoms with E-state index in [9.17, 15) is 29.4 Å². The van der Waals surface area contributed by atoms with E-state index in [0.717, 1.165) is 27.8 Å². The topological polar surface area (TPSA) is 268 Å². The molecule has 0 spiro atoms. The highest BCUT2D eigenvalue weighted by Gasteiger charge is 2.23. The summed E-state index contributed by atoms with van der Waals surface area (Å²) in [5, 5.41) is 46.2. The number of amides is 3. The van der Waals surface area contributed by atoms with Gasteiger partial charge in [-0.2, -0.15) is 0 Å². The van der Waals surface area contributed by atoms with E-state index < -0.39 is 35.9 Å². The van der Waals surface area contributed by atoms with Crippen LogP contribution in [0.1, 0.15) is 84.9 Å². The number of aliphatic hydroxyl groups excluding tert-OH is 2. The van der Waals surface area contributed by atoms with Crippen molar-refractivity contribution in [2.45, 2.75) is 59.9 Å². The number of nitrogens with two attached hydrogens (primary N) is 1. The molecule has 2 atom stereocenters. The van der Waals surface area contributed by atoms with Crippen LogP contribution in [0.2, 0.25) is 0 Å². The quantitative estimate of drug-likeness (QED) is 0.0220. The highest BCUT2D eigenvalue weighted by atomic mass is 16.5. The molecule has 0 aromatic heterocycles. The predicted molar refractivity (Wildman–Crippen MR) is 293 cm³/mol. The van der Waals surface area contributed by atoms with Crippen LogP contribution in [-0.2, 0) is 36.0 Å². The summed E-state index contributed by atoms with van der Waals surface area (Å²) in [5.41, 5.74) is 13.0. The molecule has 0 aliphatic rings. The number of aliphatic hydroxyl groups is 2. The summed E-state index contributed by atoms with van der Waals surface area (Å²) < 4.78 is 23.8. The Kier molecular flexibility index (Phi) is 22.8. The van der Waals surface area contributed by atoms with E-state index in [4.69, 9.17) is 40.1 Å². The van der Waals surface area contributed by atoms with Crippen molar-refractivity contribution in [1.29, 1.82) is 0 Å². The van der Waals surface area contributed by atoms with Crippen molar-refractivity contribution in [2.24, 2.45) is 5.84 Å². The average molecular weight is 1060 g/mol. The van der Waals surface area contributed by atoms with Gasteiger partial charge in [-0.05, 0) is 94.8 Å². The molecule has 0 bridgehead atoms. The lowest BCUT2D eigenvalue weighted by atomic mass is 10.1. The maximum absolute atomic E-state index is 13.1. The van der Waals surface area contributed by atoms with Crippen LogP contribution in [0.5, 0.6) is 34.5 Å². The minimum atomic E-state index is -1.59. The van der Waals surface area contributed by atoms with Crippen LogP contribution in [0.25, 0.3) is 0 Å².